The van der Waals surface area contributed by atoms with Gasteiger partial charge in [0.05, 0.1) is 23.7 Å². The van der Waals surface area contributed by atoms with Crippen molar-refractivity contribution in [2.24, 2.45) is 0 Å². The molecule has 2 aliphatic rings. The van der Waals surface area contributed by atoms with E-state index in [9.17, 15) is 18.0 Å². The molecule has 1 atom stereocenters. The number of sulfone groups is 1. The quantitative estimate of drug-likeness (QED) is 0.794. The third-order valence-electron chi connectivity index (χ3n) is 4.12. The maximum absolute atomic E-state index is 12.2. The number of carbonyl (C=O) groups is 2. The van der Waals surface area contributed by atoms with E-state index in [4.69, 9.17) is 4.74 Å². The zero-order valence-electron chi connectivity index (χ0n) is 13.2. The second kappa shape index (κ2) is 6.40. The monoisotopic (exact) mass is 353 g/mol. The van der Waals surface area contributed by atoms with Gasteiger partial charge in [0, 0.05) is 11.7 Å². The van der Waals surface area contributed by atoms with Gasteiger partial charge in [-0.3, -0.25) is 14.5 Å². The standard InChI is InChI=1S/C15H19N3O5S/c1-18(11-4-5-24(21,22)9-11)7-14(19)16-10-2-3-13-12(6-10)17-15(20)8-23-13/h2-3,6,11H,4-5,7-9H2,1H3,(H,16,19)(H,17,20)/t11-/m1/s1. The number of likely N-dealkylation sites (N-methyl/N-ethyl adjacent to an activating group) is 1. The van der Waals surface area contributed by atoms with Crippen LogP contribution in [0.1, 0.15) is 6.42 Å². The van der Waals surface area contributed by atoms with E-state index in [1.165, 1.54) is 0 Å². The molecule has 3 rings (SSSR count). The van der Waals surface area contributed by atoms with Crippen molar-refractivity contribution in [3.8, 4) is 5.75 Å². The molecule has 0 aliphatic carbocycles. The van der Waals surface area contributed by atoms with Gasteiger partial charge in [0.15, 0.2) is 16.4 Å². The van der Waals surface area contributed by atoms with Crippen LogP contribution < -0.4 is 15.4 Å². The number of carbonyl (C=O) groups excluding carboxylic acids is 2. The van der Waals surface area contributed by atoms with Gasteiger partial charge in [-0.15, -0.1) is 0 Å². The lowest BCUT2D eigenvalue weighted by atomic mass is 10.2. The number of benzene rings is 1. The Kier molecular flexibility index (Phi) is 4.46. The molecule has 0 unspecified atom stereocenters. The minimum Gasteiger partial charge on any atom is -0.482 e. The van der Waals surface area contributed by atoms with Crippen molar-refractivity contribution in [2.75, 3.05) is 42.3 Å². The van der Waals surface area contributed by atoms with Crippen LogP contribution in [0.25, 0.3) is 0 Å². The van der Waals surface area contributed by atoms with E-state index >= 15 is 0 Å². The Morgan fingerprint density at radius 3 is 2.96 bits per heavy atom. The maximum atomic E-state index is 12.2. The van der Waals surface area contributed by atoms with Crippen LogP contribution in [-0.4, -0.2) is 62.9 Å². The first-order valence-electron chi connectivity index (χ1n) is 7.60. The van der Waals surface area contributed by atoms with Gasteiger partial charge in [-0.1, -0.05) is 0 Å². The molecule has 0 spiro atoms. The Bertz CT molecular complexity index is 777. The Morgan fingerprint density at radius 2 is 2.25 bits per heavy atom. The molecule has 2 N–H and O–H groups in total. The number of fused-ring (bicyclic) bond motifs is 1. The van der Waals surface area contributed by atoms with Crippen molar-refractivity contribution in [1.29, 1.82) is 0 Å². The predicted molar refractivity (Wildman–Crippen MR) is 88.9 cm³/mol. The van der Waals surface area contributed by atoms with E-state index in [0.29, 0.717) is 23.5 Å². The summed E-state index contributed by atoms with van der Waals surface area (Å²) in [7, 11) is -1.24. The van der Waals surface area contributed by atoms with Crippen LogP contribution in [0.3, 0.4) is 0 Å². The highest BCUT2D eigenvalue weighted by Gasteiger charge is 2.31. The number of ether oxygens (including phenoxy) is 1. The van der Waals surface area contributed by atoms with E-state index in [2.05, 4.69) is 10.6 Å². The number of nitrogens with zero attached hydrogens (tertiary/aromatic N) is 1. The molecule has 2 heterocycles. The van der Waals surface area contributed by atoms with Crippen LogP contribution in [0.2, 0.25) is 0 Å². The Morgan fingerprint density at radius 1 is 1.46 bits per heavy atom. The van der Waals surface area contributed by atoms with Gasteiger partial charge in [0.2, 0.25) is 5.91 Å². The average molecular weight is 353 g/mol. The number of anilines is 2. The summed E-state index contributed by atoms with van der Waals surface area (Å²) in [4.78, 5) is 25.2. The third-order valence-corrected chi connectivity index (χ3v) is 5.87. The van der Waals surface area contributed by atoms with Crippen LogP contribution in [0.5, 0.6) is 5.75 Å². The Labute approximate surface area is 140 Å². The number of hydrogen-bond donors (Lipinski definition) is 2. The van der Waals surface area contributed by atoms with Crippen molar-refractivity contribution in [1.82, 2.24) is 4.90 Å². The molecule has 0 radical (unpaired) electrons. The van der Waals surface area contributed by atoms with Crippen LogP contribution >= 0.6 is 0 Å². The highest BCUT2D eigenvalue weighted by molar-refractivity contribution is 7.91. The number of hydrogen-bond acceptors (Lipinski definition) is 6. The van der Waals surface area contributed by atoms with Crippen molar-refractivity contribution in [3.63, 3.8) is 0 Å². The molecule has 1 fully saturated rings. The van der Waals surface area contributed by atoms with Gasteiger partial charge < -0.3 is 15.4 Å². The molecule has 9 heteroatoms. The summed E-state index contributed by atoms with van der Waals surface area (Å²) >= 11 is 0. The first-order valence-corrected chi connectivity index (χ1v) is 9.42. The molecule has 1 saturated heterocycles. The first kappa shape index (κ1) is 16.7. The largest absolute Gasteiger partial charge is 0.482 e. The fourth-order valence-corrected chi connectivity index (χ4v) is 4.65. The highest BCUT2D eigenvalue weighted by atomic mass is 32.2. The van der Waals surface area contributed by atoms with Crippen LogP contribution in [-0.2, 0) is 19.4 Å². The second-order valence-corrected chi connectivity index (χ2v) is 8.30. The summed E-state index contributed by atoms with van der Waals surface area (Å²) in [5, 5.41) is 5.42. The van der Waals surface area contributed by atoms with Gasteiger partial charge in [0.25, 0.3) is 5.91 Å². The van der Waals surface area contributed by atoms with Gasteiger partial charge in [-0.05, 0) is 31.7 Å². The second-order valence-electron chi connectivity index (χ2n) is 6.07. The summed E-state index contributed by atoms with van der Waals surface area (Å²) in [5.74, 6) is 0.339. The van der Waals surface area contributed by atoms with Crippen molar-refractivity contribution < 1.29 is 22.7 Å². The summed E-state index contributed by atoms with van der Waals surface area (Å²) in [6, 6.07) is 4.87. The minimum absolute atomic E-state index is 0.0200. The molecule has 130 valence electrons. The smallest absolute Gasteiger partial charge is 0.262 e. The highest BCUT2D eigenvalue weighted by Crippen LogP contribution is 2.30. The lowest BCUT2D eigenvalue weighted by Crippen LogP contribution is -2.38. The average Bonchev–Trinajstić information content (AvgIpc) is 2.87. The fourth-order valence-electron chi connectivity index (χ4n) is 2.84. The molecule has 1 aromatic rings. The van der Waals surface area contributed by atoms with Gasteiger partial charge in [-0.25, -0.2) is 8.42 Å². The Balaban J connectivity index is 1.59. The molecular weight excluding hydrogens is 334 g/mol. The zero-order valence-corrected chi connectivity index (χ0v) is 14.1. The van der Waals surface area contributed by atoms with E-state index < -0.39 is 9.84 Å². The van der Waals surface area contributed by atoms with Crippen molar-refractivity contribution >= 4 is 33.0 Å². The normalized spacial score (nSPS) is 21.8. The van der Waals surface area contributed by atoms with Gasteiger partial charge in [-0.2, -0.15) is 0 Å². The first-order chi connectivity index (χ1) is 11.3. The van der Waals surface area contributed by atoms with Crippen LogP contribution in [0, 0.1) is 0 Å². The lowest BCUT2D eigenvalue weighted by molar-refractivity contribution is -0.119. The molecule has 8 nitrogen and oxygen atoms in total. The maximum Gasteiger partial charge on any atom is 0.262 e. The molecule has 2 amide bonds. The molecule has 0 bridgehead atoms. The molecule has 0 aromatic heterocycles. The van der Waals surface area contributed by atoms with E-state index in [-0.39, 0.29) is 42.5 Å². The Hall–Kier alpha value is -2.13. The lowest BCUT2D eigenvalue weighted by Gasteiger charge is -2.22. The zero-order chi connectivity index (χ0) is 17.3. The summed E-state index contributed by atoms with van der Waals surface area (Å²) < 4.78 is 28.3. The summed E-state index contributed by atoms with van der Waals surface area (Å²) in [6.45, 7) is 0.0773. The fraction of sp³-hybridized carbons (Fsp3) is 0.467. The van der Waals surface area contributed by atoms with Gasteiger partial charge in [0.1, 0.15) is 5.75 Å². The molecule has 2 aliphatic heterocycles. The van der Waals surface area contributed by atoms with E-state index in [1.807, 2.05) is 0 Å². The summed E-state index contributed by atoms with van der Waals surface area (Å²) in [6.07, 6.45) is 0.550. The molecule has 24 heavy (non-hydrogen) atoms. The number of rotatable bonds is 4. The van der Waals surface area contributed by atoms with E-state index in [0.717, 1.165) is 0 Å². The van der Waals surface area contributed by atoms with Crippen molar-refractivity contribution in [3.05, 3.63) is 18.2 Å². The van der Waals surface area contributed by atoms with Crippen molar-refractivity contribution in [2.45, 2.75) is 12.5 Å². The van der Waals surface area contributed by atoms with Crippen LogP contribution in [0.4, 0.5) is 11.4 Å². The molecular formula is C15H19N3O5S. The topological polar surface area (TPSA) is 105 Å². The number of nitrogens with one attached hydrogen (secondary N) is 2. The minimum atomic E-state index is -2.98. The SMILES string of the molecule is CN(CC(=O)Nc1ccc2c(c1)NC(=O)CO2)[C@@H]1CCS(=O)(=O)C1. The third kappa shape index (κ3) is 3.85. The van der Waals surface area contributed by atoms with E-state index in [1.54, 1.807) is 30.1 Å². The summed E-state index contributed by atoms with van der Waals surface area (Å²) in [5.41, 5.74) is 1.05. The van der Waals surface area contributed by atoms with Gasteiger partial charge >= 0.3 is 0 Å². The molecule has 1 aromatic carbocycles. The van der Waals surface area contributed by atoms with Crippen LogP contribution in [0.15, 0.2) is 18.2 Å². The predicted octanol–water partition coefficient (Wildman–Crippen LogP) is 0.0749. The number of amides is 2. The molecule has 0 saturated carbocycles.